The first-order chi connectivity index (χ1) is 20.5. The Morgan fingerprint density at radius 2 is 1.86 bits per heavy atom. The van der Waals surface area contributed by atoms with E-state index in [0.29, 0.717) is 29.7 Å². The van der Waals surface area contributed by atoms with Gasteiger partial charge < -0.3 is 20.6 Å². The van der Waals surface area contributed by atoms with Crippen LogP contribution in [0.1, 0.15) is 105 Å². The lowest BCUT2D eigenvalue weighted by atomic mass is 9.45. The number of amides is 1. The predicted molar refractivity (Wildman–Crippen MR) is 169 cm³/mol. The van der Waals surface area contributed by atoms with Crippen LogP contribution in [-0.4, -0.2) is 63.7 Å². The smallest absolute Gasteiger partial charge is 0.240 e. The SMILES string of the molecule is CCCC1(CC)CCC([C@@H](O)c2ccccc2)CC1CN1O[C@@H](CO)[C@@H]([C@H](C)O)[C@H]1C(=O)N[C@H]1C[C@H]2CC([C@@H]1C)C2(C)C. The maximum atomic E-state index is 14.2. The number of hydroxylamine groups is 2. The lowest BCUT2D eigenvalue weighted by Gasteiger charge is -2.62. The molecule has 2 bridgehead atoms. The zero-order chi connectivity index (χ0) is 31.1. The van der Waals surface area contributed by atoms with E-state index in [9.17, 15) is 20.1 Å². The maximum Gasteiger partial charge on any atom is 0.240 e. The van der Waals surface area contributed by atoms with Crippen LogP contribution in [0, 0.1) is 46.3 Å². The Bertz CT molecular complexity index is 1080. The van der Waals surface area contributed by atoms with Gasteiger partial charge >= 0.3 is 0 Å². The molecule has 7 nitrogen and oxygen atoms in total. The van der Waals surface area contributed by atoms with Crippen LogP contribution in [-0.2, 0) is 9.63 Å². The molecule has 5 aliphatic rings. The lowest BCUT2D eigenvalue weighted by Crippen LogP contribution is -2.62. The molecule has 1 amide bonds. The molecule has 4 aliphatic carbocycles. The molecule has 43 heavy (non-hydrogen) atoms. The third-order valence-corrected chi connectivity index (χ3v) is 13.0. The molecule has 6 rings (SSSR count). The number of nitrogens with zero attached hydrogens (tertiary/aromatic N) is 1. The van der Waals surface area contributed by atoms with Crippen molar-refractivity contribution in [1.82, 2.24) is 10.4 Å². The number of benzene rings is 1. The number of rotatable bonds is 11. The summed E-state index contributed by atoms with van der Waals surface area (Å²) >= 11 is 0. The number of nitrogens with one attached hydrogen (secondary N) is 1. The highest BCUT2D eigenvalue weighted by molar-refractivity contribution is 5.82. The van der Waals surface area contributed by atoms with E-state index in [2.05, 4.69) is 39.9 Å². The van der Waals surface area contributed by atoms with Crippen LogP contribution in [0.4, 0.5) is 0 Å². The van der Waals surface area contributed by atoms with Crippen molar-refractivity contribution in [2.45, 2.75) is 123 Å². The van der Waals surface area contributed by atoms with Crippen LogP contribution in [0.3, 0.4) is 0 Å². The minimum absolute atomic E-state index is 0.0907. The first-order valence-electron chi connectivity index (χ1n) is 17.2. The second-order valence-electron chi connectivity index (χ2n) is 15.3. The van der Waals surface area contributed by atoms with E-state index in [0.717, 1.165) is 50.5 Å². The van der Waals surface area contributed by atoms with E-state index in [1.54, 1.807) is 6.92 Å². The minimum Gasteiger partial charge on any atom is -0.394 e. The quantitative estimate of drug-likeness (QED) is 0.269. The van der Waals surface area contributed by atoms with Gasteiger partial charge in [-0.05, 0) is 91.4 Å². The number of carbonyl (C=O) groups excluding carboxylic acids is 1. The Labute approximate surface area is 259 Å². The van der Waals surface area contributed by atoms with Crippen LogP contribution < -0.4 is 5.32 Å². The molecule has 5 fully saturated rings. The first-order valence-corrected chi connectivity index (χ1v) is 17.2. The molecule has 0 radical (unpaired) electrons. The van der Waals surface area contributed by atoms with E-state index in [-0.39, 0.29) is 35.8 Å². The number of hydrogen-bond donors (Lipinski definition) is 4. The highest BCUT2D eigenvalue weighted by Crippen LogP contribution is 2.61. The largest absolute Gasteiger partial charge is 0.394 e. The first kappa shape index (κ1) is 32.9. The van der Waals surface area contributed by atoms with Crippen molar-refractivity contribution in [3.05, 3.63) is 35.9 Å². The number of carbonyl (C=O) groups is 1. The Hall–Kier alpha value is -1.51. The van der Waals surface area contributed by atoms with Crippen molar-refractivity contribution in [1.29, 1.82) is 0 Å². The summed E-state index contributed by atoms with van der Waals surface area (Å²) in [6.45, 7) is 13.5. The molecule has 1 aromatic rings. The van der Waals surface area contributed by atoms with Crippen molar-refractivity contribution < 1.29 is 25.0 Å². The molecule has 4 N–H and O–H groups in total. The molecular weight excluding hydrogens is 540 g/mol. The molecule has 1 aromatic carbocycles. The van der Waals surface area contributed by atoms with Gasteiger partial charge in [0.2, 0.25) is 5.91 Å². The van der Waals surface area contributed by atoms with Crippen LogP contribution in [0.15, 0.2) is 30.3 Å². The minimum atomic E-state index is -0.806. The van der Waals surface area contributed by atoms with Crippen molar-refractivity contribution in [3.8, 4) is 0 Å². The number of aliphatic hydroxyl groups is 3. The molecule has 4 unspecified atom stereocenters. The molecule has 1 heterocycles. The topological polar surface area (TPSA) is 102 Å². The van der Waals surface area contributed by atoms with E-state index in [1.165, 1.54) is 6.42 Å². The molecular formula is C36H58N2O5. The monoisotopic (exact) mass is 598 g/mol. The van der Waals surface area contributed by atoms with Crippen molar-refractivity contribution >= 4 is 5.91 Å². The van der Waals surface area contributed by atoms with Gasteiger partial charge in [-0.3, -0.25) is 9.63 Å². The third kappa shape index (κ3) is 6.06. The Balaban J connectivity index is 1.39. The Kier molecular flexibility index (Phi) is 10.00. The van der Waals surface area contributed by atoms with Crippen LogP contribution >= 0.6 is 0 Å². The summed E-state index contributed by atoms with van der Waals surface area (Å²) in [5, 5.41) is 37.9. The van der Waals surface area contributed by atoms with E-state index in [4.69, 9.17) is 4.84 Å². The fourth-order valence-electron chi connectivity index (χ4n) is 10.1. The molecule has 0 spiro atoms. The summed E-state index contributed by atoms with van der Waals surface area (Å²) in [7, 11) is 0. The van der Waals surface area contributed by atoms with Crippen LogP contribution in [0.25, 0.3) is 0 Å². The van der Waals surface area contributed by atoms with Gasteiger partial charge in [-0.2, -0.15) is 5.06 Å². The Morgan fingerprint density at radius 3 is 2.44 bits per heavy atom. The number of aliphatic hydroxyl groups excluding tert-OH is 3. The predicted octanol–water partition coefficient (Wildman–Crippen LogP) is 5.49. The van der Waals surface area contributed by atoms with Gasteiger partial charge in [0.25, 0.3) is 0 Å². The summed E-state index contributed by atoms with van der Waals surface area (Å²) in [5.74, 6) is 1.35. The van der Waals surface area contributed by atoms with Gasteiger partial charge in [-0.1, -0.05) is 77.8 Å². The summed E-state index contributed by atoms with van der Waals surface area (Å²) < 4.78 is 0. The highest BCUT2D eigenvalue weighted by Gasteiger charge is 2.58. The summed E-state index contributed by atoms with van der Waals surface area (Å²) in [6, 6.07) is 9.40. The van der Waals surface area contributed by atoms with Gasteiger partial charge in [0.1, 0.15) is 12.1 Å². The standard InChI is InChI=1S/C36H58N2O5/c1-7-15-36(8-2)16-14-25(33(41)24-12-10-9-11-13-24)17-27(36)20-38-32(31(23(4)40)30(21-39)43-38)34(42)37-29-19-26-18-28(22(29)3)35(26,5)6/h9-13,22-23,25-33,39-41H,7-8,14-21H2,1-6H3,(H,37,42)/t22-,23-,25?,26+,27?,28?,29-,30-,31+,32-,33-,36?/m0/s1. The second-order valence-corrected chi connectivity index (χ2v) is 15.3. The second kappa shape index (κ2) is 13.1. The van der Waals surface area contributed by atoms with E-state index in [1.807, 2.05) is 35.4 Å². The summed E-state index contributed by atoms with van der Waals surface area (Å²) in [6.07, 6.45) is 6.32. The molecule has 1 aliphatic heterocycles. The van der Waals surface area contributed by atoms with E-state index >= 15 is 0 Å². The molecule has 12 atom stereocenters. The molecule has 1 saturated heterocycles. The van der Waals surface area contributed by atoms with Crippen molar-refractivity contribution in [2.75, 3.05) is 13.2 Å². The summed E-state index contributed by atoms with van der Waals surface area (Å²) in [4.78, 5) is 20.6. The van der Waals surface area contributed by atoms with Gasteiger partial charge in [0, 0.05) is 18.5 Å². The zero-order valence-electron chi connectivity index (χ0n) is 27.4. The third-order valence-electron chi connectivity index (χ3n) is 13.0. The normalized spacial score (nSPS) is 40.4. The van der Waals surface area contributed by atoms with Crippen LogP contribution in [0.5, 0.6) is 0 Å². The van der Waals surface area contributed by atoms with Gasteiger partial charge in [-0.15, -0.1) is 0 Å². The van der Waals surface area contributed by atoms with Crippen molar-refractivity contribution in [2.24, 2.45) is 46.3 Å². The average molecular weight is 599 g/mol. The van der Waals surface area contributed by atoms with Crippen molar-refractivity contribution in [3.63, 3.8) is 0 Å². The number of fused-ring (bicyclic) bond motifs is 2. The molecule has 4 saturated carbocycles. The summed E-state index contributed by atoms with van der Waals surface area (Å²) in [5.41, 5.74) is 1.38. The molecule has 7 heteroatoms. The molecule has 242 valence electrons. The zero-order valence-corrected chi connectivity index (χ0v) is 27.4. The fourth-order valence-corrected chi connectivity index (χ4v) is 10.1. The van der Waals surface area contributed by atoms with Gasteiger partial charge in [-0.25, -0.2) is 0 Å². The average Bonchev–Trinajstić information content (AvgIpc) is 3.37. The maximum absolute atomic E-state index is 14.2. The fraction of sp³-hybridized carbons (Fsp3) is 0.806. The molecule has 0 aromatic heterocycles. The lowest BCUT2D eigenvalue weighted by molar-refractivity contribution is -0.193. The van der Waals surface area contributed by atoms with Gasteiger partial charge in [0.05, 0.1) is 18.8 Å². The van der Waals surface area contributed by atoms with Gasteiger partial charge in [0.15, 0.2) is 0 Å². The van der Waals surface area contributed by atoms with Crippen LogP contribution in [0.2, 0.25) is 0 Å². The number of hydrogen-bond acceptors (Lipinski definition) is 6. The Morgan fingerprint density at radius 1 is 1.14 bits per heavy atom. The van der Waals surface area contributed by atoms with E-state index < -0.39 is 30.3 Å². The highest BCUT2D eigenvalue weighted by atomic mass is 16.7.